The zero-order valence-corrected chi connectivity index (χ0v) is 15.3. The highest BCUT2D eigenvalue weighted by Crippen LogP contribution is 2.35. The average Bonchev–Trinajstić information content (AvgIpc) is 3.17. The van der Waals surface area contributed by atoms with E-state index in [4.69, 9.17) is 0 Å². The van der Waals surface area contributed by atoms with E-state index < -0.39 is 10.0 Å². The minimum absolute atomic E-state index is 0.409. The van der Waals surface area contributed by atoms with Crippen LogP contribution in [0, 0.1) is 18.8 Å². The second-order valence-corrected chi connectivity index (χ2v) is 9.21. The minimum Gasteiger partial charge on any atom is -0.298 e. The van der Waals surface area contributed by atoms with Crippen LogP contribution >= 0.6 is 0 Å². The molecule has 4 nitrogen and oxygen atoms in total. The third-order valence-electron chi connectivity index (χ3n) is 5.56. The van der Waals surface area contributed by atoms with Crippen molar-refractivity contribution in [1.29, 1.82) is 0 Å². The normalized spacial score (nSPS) is 24.5. The molecule has 2 unspecified atom stereocenters. The fourth-order valence-electron chi connectivity index (χ4n) is 4.14. The predicted octanol–water partition coefficient (Wildman–Crippen LogP) is 2.75. The molecule has 0 saturated carbocycles. The Morgan fingerprint density at radius 3 is 2.12 bits per heavy atom. The number of hydrogen-bond donors (Lipinski definition) is 0. The predicted molar refractivity (Wildman–Crippen MR) is 98.6 cm³/mol. The van der Waals surface area contributed by atoms with Crippen molar-refractivity contribution in [2.24, 2.45) is 11.8 Å². The van der Waals surface area contributed by atoms with Gasteiger partial charge in [-0.05, 0) is 42.0 Å². The molecule has 0 aliphatic carbocycles. The lowest BCUT2D eigenvalue weighted by Crippen LogP contribution is -2.33. The Bertz CT molecular complexity index is 837. The van der Waals surface area contributed by atoms with Crippen LogP contribution in [0.25, 0.3) is 0 Å². The molecule has 0 bridgehead atoms. The van der Waals surface area contributed by atoms with Gasteiger partial charge in [0.1, 0.15) is 0 Å². The Morgan fingerprint density at radius 2 is 1.48 bits per heavy atom. The van der Waals surface area contributed by atoms with Crippen LogP contribution in [0.5, 0.6) is 0 Å². The highest BCUT2D eigenvalue weighted by Gasteiger charge is 2.44. The first kappa shape index (κ1) is 16.8. The standard InChI is InChI=1S/C20H24N2O2S/c1-16-7-5-6-8-17(16)11-21-12-18-14-22(15-19(18)13-21)25(23,24)20-9-3-2-4-10-20/h2-10,18-19H,11-15H2,1H3. The Morgan fingerprint density at radius 1 is 0.880 bits per heavy atom. The lowest BCUT2D eigenvalue weighted by atomic mass is 10.0. The van der Waals surface area contributed by atoms with Crippen LogP contribution in [0.2, 0.25) is 0 Å². The van der Waals surface area contributed by atoms with E-state index in [9.17, 15) is 8.42 Å². The number of likely N-dealkylation sites (tertiary alicyclic amines) is 1. The van der Waals surface area contributed by atoms with Gasteiger partial charge in [-0.15, -0.1) is 0 Å². The zero-order valence-electron chi connectivity index (χ0n) is 14.5. The molecule has 0 radical (unpaired) electrons. The molecule has 2 aromatic rings. The SMILES string of the molecule is Cc1ccccc1CN1CC2CN(S(=O)(=O)c3ccccc3)CC2C1. The molecule has 0 spiro atoms. The summed E-state index contributed by atoms with van der Waals surface area (Å²) < 4.78 is 27.3. The summed E-state index contributed by atoms with van der Waals surface area (Å²) in [4.78, 5) is 2.89. The summed E-state index contributed by atoms with van der Waals surface area (Å²) in [6.45, 7) is 6.38. The van der Waals surface area contributed by atoms with Crippen molar-refractivity contribution < 1.29 is 8.42 Å². The second kappa shape index (κ2) is 6.56. The fourth-order valence-corrected chi connectivity index (χ4v) is 5.72. The van der Waals surface area contributed by atoms with Gasteiger partial charge in [-0.3, -0.25) is 4.90 Å². The van der Waals surface area contributed by atoms with E-state index in [-0.39, 0.29) is 0 Å². The molecule has 2 aliphatic heterocycles. The molecule has 0 aromatic heterocycles. The summed E-state index contributed by atoms with van der Waals surface area (Å²) in [7, 11) is -3.35. The Balaban J connectivity index is 1.42. The largest absolute Gasteiger partial charge is 0.298 e. The maximum Gasteiger partial charge on any atom is 0.243 e. The number of nitrogens with zero attached hydrogens (tertiary/aromatic N) is 2. The van der Waals surface area contributed by atoms with Crippen molar-refractivity contribution >= 4 is 10.0 Å². The van der Waals surface area contributed by atoms with Gasteiger partial charge in [-0.25, -0.2) is 8.42 Å². The smallest absolute Gasteiger partial charge is 0.243 e. The summed E-state index contributed by atoms with van der Waals surface area (Å²) in [6.07, 6.45) is 0. The lowest BCUT2D eigenvalue weighted by molar-refractivity contribution is 0.289. The van der Waals surface area contributed by atoms with Crippen molar-refractivity contribution in [3.63, 3.8) is 0 Å². The van der Waals surface area contributed by atoms with Gasteiger partial charge >= 0.3 is 0 Å². The summed E-state index contributed by atoms with van der Waals surface area (Å²) in [5, 5.41) is 0. The summed E-state index contributed by atoms with van der Waals surface area (Å²) in [6, 6.07) is 17.3. The van der Waals surface area contributed by atoms with E-state index >= 15 is 0 Å². The highest BCUT2D eigenvalue weighted by atomic mass is 32.2. The maximum absolute atomic E-state index is 12.8. The van der Waals surface area contributed by atoms with Gasteiger partial charge in [0.2, 0.25) is 10.0 Å². The monoisotopic (exact) mass is 356 g/mol. The van der Waals surface area contributed by atoms with Crippen molar-refractivity contribution in [2.45, 2.75) is 18.4 Å². The summed E-state index contributed by atoms with van der Waals surface area (Å²) >= 11 is 0. The van der Waals surface area contributed by atoms with Gasteiger partial charge in [0.15, 0.2) is 0 Å². The third-order valence-corrected chi connectivity index (χ3v) is 7.41. The Labute approximate surface area is 150 Å². The van der Waals surface area contributed by atoms with Crippen LogP contribution in [0.3, 0.4) is 0 Å². The first-order chi connectivity index (χ1) is 12.0. The number of rotatable bonds is 4. The maximum atomic E-state index is 12.8. The van der Waals surface area contributed by atoms with Gasteiger partial charge < -0.3 is 0 Å². The van der Waals surface area contributed by atoms with E-state index in [0.29, 0.717) is 29.8 Å². The molecule has 2 aliphatic rings. The van der Waals surface area contributed by atoms with Crippen molar-refractivity contribution in [3.8, 4) is 0 Å². The van der Waals surface area contributed by atoms with Crippen molar-refractivity contribution in [3.05, 3.63) is 65.7 Å². The van der Waals surface area contributed by atoms with Crippen LogP contribution in [0.15, 0.2) is 59.5 Å². The van der Waals surface area contributed by atoms with Crippen molar-refractivity contribution in [1.82, 2.24) is 9.21 Å². The Kier molecular flexibility index (Phi) is 4.40. The number of hydrogen-bond acceptors (Lipinski definition) is 3. The topological polar surface area (TPSA) is 40.6 Å². The van der Waals surface area contributed by atoms with Gasteiger partial charge in [-0.2, -0.15) is 4.31 Å². The summed E-state index contributed by atoms with van der Waals surface area (Å²) in [5.74, 6) is 0.894. The van der Waals surface area contributed by atoms with Crippen LogP contribution in [0.4, 0.5) is 0 Å². The first-order valence-electron chi connectivity index (χ1n) is 8.86. The molecule has 2 heterocycles. The van der Waals surface area contributed by atoms with E-state index in [1.807, 2.05) is 6.07 Å². The zero-order chi connectivity index (χ0) is 17.4. The highest BCUT2D eigenvalue weighted by molar-refractivity contribution is 7.89. The molecule has 5 heteroatoms. The average molecular weight is 356 g/mol. The quantitative estimate of drug-likeness (QED) is 0.846. The van der Waals surface area contributed by atoms with Crippen molar-refractivity contribution in [2.75, 3.05) is 26.2 Å². The van der Waals surface area contributed by atoms with Crippen LogP contribution < -0.4 is 0 Å². The molecule has 0 N–H and O–H groups in total. The summed E-state index contributed by atoms with van der Waals surface area (Å²) in [5.41, 5.74) is 2.70. The number of benzene rings is 2. The molecular weight excluding hydrogens is 332 g/mol. The van der Waals surface area contributed by atoms with Gasteiger partial charge in [0.05, 0.1) is 4.90 Å². The van der Waals surface area contributed by atoms with E-state index in [1.54, 1.807) is 28.6 Å². The molecule has 0 amide bonds. The van der Waals surface area contributed by atoms with Crippen LogP contribution in [-0.2, 0) is 16.6 Å². The van der Waals surface area contributed by atoms with Crippen LogP contribution in [-0.4, -0.2) is 43.8 Å². The number of aryl methyl sites for hydroxylation is 1. The number of fused-ring (bicyclic) bond motifs is 1. The van der Waals surface area contributed by atoms with Crippen LogP contribution in [0.1, 0.15) is 11.1 Å². The molecule has 2 aromatic carbocycles. The van der Waals surface area contributed by atoms with E-state index in [1.165, 1.54) is 11.1 Å². The number of sulfonamides is 1. The van der Waals surface area contributed by atoms with Gasteiger partial charge in [-0.1, -0.05) is 42.5 Å². The Hall–Kier alpha value is -1.69. The molecule has 2 fully saturated rings. The van der Waals surface area contributed by atoms with E-state index in [2.05, 4.69) is 36.1 Å². The lowest BCUT2D eigenvalue weighted by Gasteiger charge is -2.22. The van der Waals surface area contributed by atoms with E-state index in [0.717, 1.165) is 19.6 Å². The molecule has 132 valence electrons. The molecule has 4 rings (SSSR count). The molecular formula is C20H24N2O2S. The second-order valence-electron chi connectivity index (χ2n) is 7.28. The fraction of sp³-hybridized carbons (Fsp3) is 0.400. The molecule has 2 atom stereocenters. The minimum atomic E-state index is -3.35. The third kappa shape index (κ3) is 3.24. The van der Waals surface area contributed by atoms with Gasteiger partial charge in [0, 0.05) is 32.7 Å². The molecule has 25 heavy (non-hydrogen) atoms. The first-order valence-corrected chi connectivity index (χ1v) is 10.3. The molecule has 2 saturated heterocycles. The van der Waals surface area contributed by atoms with Gasteiger partial charge in [0.25, 0.3) is 0 Å².